The first-order valence-corrected chi connectivity index (χ1v) is 7.40. The monoisotopic (exact) mass is 244 g/mol. The first kappa shape index (κ1) is 12.0. The van der Waals surface area contributed by atoms with Gasteiger partial charge in [0.05, 0.1) is 0 Å². The van der Waals surface area contributed by atoms with E-state index in [0.717, 1.165) is 11.7 Å². The van der Waals surface area contributed by atoms with E-state index in [4.69, 9.17) is 5.73 Å². The zero-order valence-corrected chi connectivity index (χ0v) is 11.4. The molecule has 0 saturated carbocycles. The fraction of sp³-hybridized carbons (Fsp3) is 0.625. The molecule has 3 rings (SSSR count). The molecule has 2 atom stereocenters. The summed E-state index contributed by atoms with van der Waals surface area (Å²) < 4.78 is 0. The van der Waals surface area contributed by atoms with Gasteiger partial charge in [-0.3, -0.25) is 4.90 Å². The summed E-state index contributed by atoms with van der Waals surface area (Å²) in [4.78, 5) is 2.75. The van der Waals surface area contributed by atoms with Gasteiger partial charge in [0.15, 0.2) is 0 Å². The summed E-state index contributed by atoms with van der Waals surface area (Å²) in [5, 5.41) is 0. The van der Waals surface area contributed by atoms with Gasteiger partial charge in [-0.15, -0.1) is 0 Å². The van der Waals surface area contributed by atoms with E-state index in [9.17, 15) is 0 Å². The number of nitrogen functional groups attached to an aromatic ring is 1. The summed E-state index contributed by atoms with van der Waals surface area (Å²) in [6, 6.07) is 7.90. The second kappa shape index (κ2) is 4.93. The smallest absolute Gasteiger partial charge is 0.0356 e. The highest BCUT2D eigenvalue weighted by atomic mass is 15.2. The van der Waals surface area contributed by atoms with Crippen LogP contribution >= 0.6 is 0 Å². The highest BCUT2D eigenvalue weighted by Gasteiger charge is 2.31. The van der Waals surface area contributed by atoms with Gasteiger partial charge in [-0.1, -0.05) is 18.9 Å². The van der Waals surface area contributed by atoms with E-state index in [1.165, 1.54) is 56.2 Å². The van der Waals surface area contributed by atoms with Crippen LogP contribution in [0.5, 0.6) is 0 Å². The SMILES string of the molecule is CC1CCCCCN1C1CCc2cc(N)ccc21. The Balaban J connectivity index is 1.86. The van der Waals surface area contributed by atoms with E-state index in [-0.39, 0.29) is 0 Å². The van der Waals surface area contributed by atoms with Crippen LogP contribution in [-0.4, -0.2) is 17.5 Å². The van der Waals surface area contributed by atoms with Crippen LogP contribution in [0.3, 0.4) is 0 Å². The maximum Gasteiger partial charge on any atom is 0.0356 e. The van der Waals surface area contributed by atoms with Crippen LogP contribution in [0.15, 0.2) is 18.2 Å². The molecule has 0 radical (unpaired) electrons. The minimum absolute atomic E-state index is 0.647. The van der Waals surface area contributed by atoms with Crippen molar-refractivity contribution < 1.29 is 0 Å². The third-order valence-corrected chi connectivity index (χ3v) is 4.72. The second-order valence-corrected chi connectivity index (χ2v) is 5.95. The van der Waals surface area contributed by atoms with Crippen LogP contribution < -0.4 is 5.73 Å². The lowest BCUT2D eigenvalue weighted by atomic mass is 10.0. The number of rotatable bonds is 1. The molecular formula is C16H24N2. The maximum absolute atomic E-state index is 5.89. The number of aryl methyl sites for hydroxylation is 1. The van der Waals surface area contributed by atoms with E-state index in [1.807, 2.05) is 0 Å². The van der Waals surface area contributed by atoms with Crippen molar-refractivity contribution in [3.8, 4) is 0 Å². The molecule has 0 bridgehead atoms. The van der Waals surface area contributed by atoms with Crippen molar-refractivity contribution in [2.24, 2.45) is 0 Å². The zero-order chi connectivity index (χ0) is 12.5. The molecule has 18 heavy (non-hydrogen) atoms. The molecule has 1 fully saturated rings. The molecule has 98 valence electrons. The molecule has 2 nitrogen and oxygen atoms in total. The van der Waals surface area contributed by atoms with E-state index < -0.39 is 0 Å². The van der Waals surface area contributed by atoms with Crippen molar-refractivity contribution >= 4 is 5.69 Å². The van der Waals surface area contributed by atoms with E-state index in [1.54, 1.807) is 0 Å². The van der Waals surface area contributed by atoms with Crippen LogP contribution in [0.25, 0.3) is 0 Å². The van der Waals surface area contributed by atoms with E-state index >= 15 is 0 Å². The summed E-state index contributed by atoms with van der Waals surface area (Å²) >= 11 is 0. The number of hydrogen-bond donors (Lipinski definition) is 1. The Bertz CT molecular complexity index is 427. The lowest BCUT2D eigenvalue weighted by Crippen LogP contribution is -2.35. The van der Waals surface area contributed by atoms with Crippen molar-refractivity contribution in [3.05, 3.63) is 29.3 Å². The van der Waals surface area contributed by atoms with Crippen LogP contribution in [0.4, 0.5) is 5.69 Å². The highest BCUT2D eigenvalue weighted by molar-refractivity contribution is 5.47. The van der Waals surface area contributed by atoms with Crippen LogP contribution in [-0.2, 0) is 6.42 Å². The van der Waals surface area contributed by atoms with Gasteiger partial charge in [0, 0.05) is 17.8 Å². The number of benzene rings is 1. The first-order chi connectivity index (χ1) is 8.75. The van der Waals surface area contributed by atoms with Crippen molar-refractivity contribution in [2.75, 3.05) is 12.3 Å². The Labute approximate surface area is 110 Å². The van der Waals surface area contributed by atoms with Crippen molar-refractivity contribution in [2.45, 2.75) is 57.5 Å². The number of likely N-dealkylation sites (tertiary alicyclic amines) is 1. The van der Waals surface area contributed by atoms with Crippen LogP contribution in [0, 0.1) is 0 Å². The molecule has 2 unspecified atom stereocenters. The molecule has 2 aliphatic rings. The minimum atomic E-state index is 0.647. The molecule has 0 amide bonds. The van der Waals surface area contributed by atoms with Crippen molar-refractivity contribution in [1.29, 1.82) is 0 Å². The first-order valence-electron chi connectivity index (χ1n) is 7.40. The number of nitrogens with zero attached hydrogens (tertiary/aromatic N) is 1. The molecule has 1 aromatic carbocycles. The predicted molar refractivity (Wildman–Crippen MR) is 76.6 cm³/mol. The lowest BCUT2D eigenvalue weighted by molar-refractivity contribution is 0.146. The minimum Gasteiger partial charge on any atom is -0.399 e. The summed E-state index contributed by atoms with van der Waals surface area (Å²) in [6.07, 6.45) is 8.02. The third-order valence-electron chi connectivity index (χ3n) is 4.72. The van der Waals surface area contributed by atoms with Crippen LogP contribution in [0.2, 0.25) is 0 Å². The summed E-state index contributed by atoms with van der Waals surface area (Å²) in [5.74, 6) is 0. The van der Waals surface area contributed by atoms with Gasteiger partial charge in [-0.25, -0.2) is 0 Å². The number of anilines is 1. The summed E-state index contributed by atoms with van der Waals surface area (Å²) in [5.41, 5.74) is 9.83. The Morgan fingerprint density at radius 3 is 2.94 bits per heavy atom. The molecule has 1 aliphatic carbocycles. The number of hydrogen-bond acceptors (Lipinski definition) is 2. The average molecular weight is 244 g/mol. The van der Waals surface area contributed by atoms with Crippen molar-refractivity contribution in [1.82, 2.24) is 4.90 Å². The summed E-state index contributed by atoms with van der Waals surface area (Å²) in [7, 11) is 0. The molecule has 1 heterocycles. The van der Waals surface area contributed by atoms with Gasteiger partial charge < -0.3 is 5.73 Å². The van der Waals surface area contributed by atoms with E-state index in [2.05, 4.69) is 30.0 Å². The largest absolute Gasteiger partial charge is 0.399 e. The van der Waals surface area contributed by atoms with Gasteiger partial charge in [0.1, 0.15) is 0 Å². The Hall–Kier alpha value is -1.02. The standard InChI is InChI=1S/C16H24N2/c1-12-5-3-2-4-10-18(12)16-9-6-13-11-14(17)7-8-15(13)16/h7-8,11-12,16H,2-6,9-10,17H2,1H3. The molecule has 2 heteroatoms. The van der Waals surface area contributed by atoms with Gasteiger partial charge >= 0.3 is 0 Å². The summed E-state index contributed by atoms with van der Waals surface area (Å²) in [6.45, 7) is 3.68. The normalized spacial score (nSPS) is 28.9. The van der Waals surface area contributed by atoms with Gasteiger partial charge in [0.2, 0.25) is 0 Å². The maximum atomic E-state index is 5.89. The quantitative estimate of drug-likeness (QED) is 0.766. The molecular weight excluding hydrogens is 220 g/mol. The molecule has 0 spiro atoms. The lowest BCUT2D eigenvalue weighted by Gasteiger charge is -2.33. The number of nitrogens with two attached hydrogens (primary N) is 1. The van der Waals surface area contributed by atoms with Gasteiger partial charge in [-0.2, -0.15) is 0 Å². The second-order valence-electron chi connectivity index (χ2n) is 5.95. The van der Waals surface area contributed by atoms with Crippen LogP contribution in [0.1, 0.15) is 56.2 Å². The predicted octanol–water partition coefficient (Wildman–Crippen LogP) is 3.52. The highest BCUT2D eigenvalue weighted by Crippen LogP contribution is 2.39. The topological polar surface area (TPSA) is 29.3 Å². The fourth-order valence-corrected chi connectivity index (χ4v) is 3.72. The zero-order valence-electron chi connectivity index (χ0n) is 11.4. The molecule has 1 saturated heterocycles. The Morgan fingerprint density at radius 2 is 2.06 bits per heavy atom. The Kier molecular flexibility index (Phi) is 3.29. The molecule has 0 aromatic heterocycles. The number of fused-ring (bicyclic) bond motifs is 1. The molecule has 1 aliphatic heterocycles. The van der Waals surface area contributed by atoms with E-state index in [0.29, 0.717) is 6.04 Å². The van der Waals surface area contributed by atoms with Gasteiger partial charge in [0.25, 0.3) is 0 Å². The molecule has 2 N–H and O–H groups in total. The van der Waals surface area contributed by atoms with Crippen molar-refractivity contribution in [3.63, 3.8) is 0 Å². The Morgan fingerprint density at radius 1 is 1.17 bits per heavy atom. The average Bonchev–Trinajstić information content (AvgIpc) is 2.64. The third kappa shape index (κ3) is 2.14. The fourth-order valence-electron chi connectivity index (χ4n) is 3.72. The van der Waals surface area contributed by atoms with Gasteiger partial charge in [-0.05, 0) is 62.4 Å². The molecule has 1 aromatic rings.